The maximum atomic E-state index is 12.4. The summed E-state index contributed by atoms with van der Waals surface area (Å²) in [5.74, 6) is -0.137. The van der Waals surface area contributed by atoms with Crippen molar-refractivity contribution >= 4 is 23.6 Å². The molecule has 2 amide bonds. The third kappa shape index (κ3) is 5.00. The molecule has 2 aromatic rings. The van der Waals surface area contributed by atoms with E-state index in [-0.39, 0.29) is 23.9 Å². The van der Waals surface area contributed by atoms with Gasteiger partial charge in [0.1, 0.15) is 0 Å². The van der Waals surface area contributed by atoms with Crippen molar-refractivity contribution in [2.24, 2.45) is 0 Å². The summed E-state index contributed by atoms with van der Waals surface area (Å²) in [5.41, 5.74) is 1.45. The van der Waals surface area contributed by atoms with Crippen LogP contribution >= 0.6 is 0 Å². The van der Waals surface area contributed by atoms with Crippen LogP contribution in [0.25, 0.3) is 6.08 Å². The molecule has 28 heavy (non-hydrogen) atoms. The maximum Gasteiger partial charge on any atom is 0.269 e. The molecule has 144 valence electrons. The van der Waals surface area contributed by atoms with Crippen molar-refractivity contribution in [3.05, 3.63) is 76.1 Å². The van der Waals surface area contributed by atoms with E-state index in [1.807, 2.05) is 18.2 Å². The molecule has 0 unspecified atom stereocenters. The van der Waals surface area contributed by atoms with Gasteiger partial charge in [0, 0.05) is 56.3 Å². The monoisotopic (exact) mass is 380 g/mol. The van der Waals surface area contributed by atoms with Gasteiger partial charge < -0.3 is 9.80 Å². The molecule has 0 N–H and O–H groups in total. The Hall–Kier alpha value is -3.55. The lowest BCUT2D eigenvalue weighted by Gasteiger charge is -2.34. The summed E-state index contributed by atoms with van der Waals surface area (Å²) >= 11 is 0. The first-order valence-corrected chi connectivity index (χ1v) is 8.92. The molecule has 1 aliphatic heterocycles. The van der Waals surface area contributed by atoms with Gasteiger partial charge in [0.05, 0.1) is 11.3 Å². The number of carbonyl (C=O) groups is 2. The lowest BCUT2D eigenvalue weighted by molar-refractivity contribution is -0.384. The van der Waals surface area contributed by atoms with Crippen molar-refractivity contribution < 1.29 is 14.5 Å². The highest BCUT2D eigenvalue weighted by Gasteiger charge is 2.23. The van der Waals surface area contributed by atoms with Crippen molar-refractivity contribution in [3.63, 3.8) is 0 Å². The maximum absolute atomic E-state index is 12.4. The third-order valence-electron chi connectivity index (χ3n) is 4.52. The first kappa shape index (κ1) is 19.2. The van der Waals surface area contributed by atoms with E-state index in [0.29, 0.717) is 31.7 Å². The number of hydrogen-bond acceptors (Lipinski definition) is 5. The summed E-state index contributed by atoms with van der Waals surface area (Å²) in [7, 11) is 0. The van der Waals surface area contributed by atoms with Crippen LogP contribution in [0.2, 0.25) is 0 Å². The molecule has 1 aromatic carbocycles. The lowest BCUT2D eigenvalue weighted by Crippen LogP contribution is -2.50. The highest BCUT2D eigenvalue weighted by atomic mass is 16.6. The number of amides is 2. The minimum Gasteiger partial charge on any atom is -0.339 e. The van der Waals surface area contributed by atoms with Crippen molar-refractivity contribution in [1.82, 2.24) is 14.8 Å². The molecule has 0 radical (unpaired) electrons. The minimum absolute atomic E-state index is 0.00669. The Morgan fingerprint density at radius 3 is 2.32 bits per heavy atom. The van der Waals surface area contributed by atoms with Crippen LogP contribution in [0, 0.1) is 10.1 Å². The number of benzene rings is 1. The van der Waals surface area contributed by atoms with Crippen LogP contribution < -0.4 is 0 Å². The fourth-order valence-electron chi connectivity index (χ4n) is 2.93. The smallest absolute Gasteiger partial charge is 0.269 e. The zero-order valence-corrected chi connectivity index (χ0v) is 15.2. The highest BCUT2D eigenvalue weighted by molar-refractivity contribution is 5.92. The van der Waals surface area contributed by atoms with Gasteiger partial charge in [-0.15, -0.1) is 0 Å². The summed E-state index contributed by atoms with van der Waals surface area (Å²) < 4.78 is 0. The fourth-order valence-corrected chi connectivity index (χ4v) is 2.93. The summed E-state index contributed by atoms with van der Waals surface area (Å²) in [5, 5.41) is 10.7. The molecule has 1 aliphatic rings. The average Bonchev–Trinajstić information content (AvgIpc) is 2.73. The predicted molar refractivity (Wildman–Crippen MR) is 103 cm³/mol. The topological polar surface area (TPSA) is 96.6 Å². The number of nitro groups is 1. The first-order chi connectivity index (χ1) is 13.5. The van der Waals surface area contributed by atoms with Crippen LogP contribution in [0.3, 0.4) is 0 Å². The number of carbonyl (C=O) groups excluding carboxylic acids is 2. The molecule has 3 rings (SSSR count). The van der Waals surface area contributed by atoms with E-state index in [1.165, 1.54) is 18.2 Å². The summed E-state index contributed by atoms with van der Waals surface area (Å²) in [4.78, 5) is 42.5. The van der Waals surface area contributed by atoms with Crippen LogP contribution in [0.4, 0.5) is 5.69 Å². The van der Waals surface area contributed by atoms with Crippen molar-refractivity contribution in [1.29, 1.82) is 0 Å². The van der Waals surface area contributed by atoms with Gasteiger partial charge in [-0.1, -0.05) is 6.07 Å². The van der Waals surface area contributed by atoms with E-state index < -0.39 is 4.92 Å². The number of nitrogens with zero attached hydrogens (tertiary/aromatic N) is 4. The molecule has 0 saturated carbocycles. The molecule has 0 bridgehead atoms. The van der Waals surface area contributed by atoms with Crippen LogP contribution in [-0.4, -0.2) is 57.7 Å². The van der Waals surface area contributed by atoms with Gasteiger partial charge in [0.15, 0.2) is 0 Å². The summed E-state index contributed by atoms with van der Waals surface area (Å²) in [6.45, 7) is 1.92. The number of nitro benzene ring substituents is 1. The number of piperazine rings is 1. The fraction of sp³-hybridized carbons (Fsp3) is 0.250. The van der Waals surface area contributed by atoms with Gasteiger partial charge in [-0.3, -0.25) is 24.7 Å². The Kier molecular flexibility index (Phi) is 6.11. The SMILES string of the molecule is O=C(/C=C/c1ccc([N+](=O)[O-])cc1)N1CCN(C(=O)Cc2ccccn2)CC1. The number of non-ortho nitro benzene ring substituents is 1. The van der Waals surface area contributed by atoms with Crippen molar-refractivity contribution in [2.75, 3.05) is 26.2 Å². The standard InChI is InChI=1S/C20H20N4O4/c25-19(9-6-16-4-7-18(8-5-16)24(27)28)22-11-13-23(14-12-22)20(26)15-17-3-1-2-10-21-17/h1-10H,11-15H2/b9-6+. The second kappa shape index (κ2) is 8.90. The van der Waals surface area contributed by atoms with E-state index in [0.717, 1.165) is 5.69 Å². The van der Waals surface area contributed by atoms with Crippen LogP contribution in [-0.2, 0) is 16.0 Å². The Morgan fingerprint density at radius 1 is 1.04 bits per heavy atom. The summed E-state index contributed by atoms with van der Waals surface area (Å²) in [6, 6.07) is 11.5. The largest absolute Gasteiger partial charge is 0.339 e. The van der Waals surface area contributed by atoms with Gasteiger partial charge in [0.2, 0.25) is 11.8 Å². The zero-order valence-electron chi connectivity index (χ0n) is 15.2. The zero-order chi connectivity index (χ0) is 19.9. The molecule has 0 atom stereocenters. The second-order valence-electron chi connectivity index (χ2n) is 6.39. The van der Waals surface area contributed by atoms with Crippen molar-refractivity contribution in [2.45, 2.75) is 6.42 Å². The van der Waals surface area contributed by atoms with Crippen LogP contribution in [0.15, 0.2) is 54.7 Å². The van der Waals surface area contributed by atoms with Gasteiger partial charge in [-0.2, -0.15) is 0 Å². The molecule has 1 aromatic heterocycles. The van der Waals surface area contributed by atoms with Crippen molar-refractivity contribution in [3.8, 4) is 0 Å². The van der Waals surface area contributed by atoms with E-state index in [1.54, 1.807) is 34.2 Å². The minimum atomic E-state index is -0.465. The Balaban J connectivity index is 1.49. The van der Waals surface area contributed by atoms with E-state index in [2.05, 4.69) is 4.98 Å². The average molecular weight is 380 g/mol. The third-order valence-corrected chi connectivity index (χ3v) is 4.52. The normalized spacial score (nSPS) is 14.3. The molecule has 0 aliphatic carbocycles. The van der Waals surface area contributed by atoms with Crippen LogP contribution in [0.5, 0.6) is 0 Å². The Morgan fingerprint density at radius 2 is 1.71 bits per heavy atom. The molecule has 1 saturated heterocycles. The van der Waals surface area contributed by atoms with Gasteiger partial charge in [-0.25, -0.2) is 0 Å². The molecule has 8 heteroatoms. The molecular weight excluding hydrogens is 360 g/mol. The van der Waals surface area contributed by atoms with Crippen LogP contribution in [0.1, 0.15) is 11.3 Å². The number of aromatic nitrogens is 1. The van der Waals surface area contributed by atoms with Gasteiger partial charge in [0.25, 0.3) is 5.69 Å². The Labute approximate surface area is 162 Å². The first-order valence-electron chi connectivity index (χ1n) is 8.92. The number of hydrogen-bond donors (Lipinski definition) is 0. The quantitative estimate of drug-likeness (QED) is 0.448. The van der Waals surface area contributed by atoms with E-state index >= 15 is 0 Å². The van der Waals surface area contributed by atoms with Gasteiger partial charge in [-0.05, 0) is 35.9 Å². The predicted octanol–water partition coefficient (Wildman–Crippen LogP) is 1.92. The second-order valence-corrected chi connectivity index (χ2v) is 6.39. The lowest BCUT2D eigenvalue weighted by atomic mass is 10.2. The molecule has 1 fully saturated rings. The molecule has 8 nitrogen and oxygen atoms in total. The number of rotatable bonds is 5. The van der Waals surface area contributed by atoms with E-state index in [9.17, 15) is 19.7 Å². The van der Waals surface area contributed by atoms with Gasteiger partial charge >= 0.3 is 0 Å². The van der Waals surface area contributed by atoms with E-state index in [4.69, 9.17) is 0 Å². The number of pyridine rings is 1. The molecule has 2 heterocycles. The molecular formula is C20H20N4O4. The summed E-state index contributed by atoms with van der Waals surface area (Å²) in [6.07, 6.45) is 5.00. The molecule has 0 spiro atoms. The highest BCUT2D eigenvalue weighted by Crippen LogP contribution is 2.13. The Bertz CT molecular complexity index is 873.